The largest absolute Gasteiger partial charge is 0.381 e. The van der Waals surface area contributed by atoms with Crippen LogP contribution in [0.25, 0.3) is 0 Å². The second-order valence-corrected chi connectivity index (χ2v) is 7.47. The summed E-state index contributed by atoms with van der Waals surface area (Å²) in [6.07, 6.45) is 4.25. The Morgan fingerprint density at radius 3 is 2.50 bits per heavy atom. The van der Waals surface area contributed by atoms with E-state index in [4.69, 9.17) is 4.74 Å². The summed E-state index contributed by atoms with van der Waals surface area (Å²) >= 11 is 0. The summed E-state index contributed by atoms with van der Waals surface area (Å²) in [6, 6.07) is 21.5. The van der Waals surface area contributed by atoms with Gasteiger partial charge in [-0.15, -0.1) is 24.0 Å². The summed E-state index contributed by atoms with van der Waals surface area (Å²) in [5.41, 5.74) is 2.63. The van der Waals surface area contributed by atoms with Gasteiger partial charge in [-0.25, -0.2) is 0 Å². The molecule has 2 aromatic carbocycles. The minimum Gasteiger partial charge on any atom is -0.381 e. The van der Waals surface area contributed by atoms with Gasteiger partial charge in [0.05, 0.1) is 6.61 Å². The van der Waals surface area contributed by atoms with Crippen molar-refractivity contribution in [2.24, 2.45) is 4.99 Å². The Kier molecular flexibility index (Phi) is 11.6. The molecule has 164 valence electrons. The van der Waals surface area contributed by atoms with Gasteiger partial charge < -0.3 is 20.3 Å². The van der Waals surface area contributed by atoms with Crippen molar-refractivity contribution in [2.45, 2.75) is 31.7 Å². The lowest BCUT2D eigenvalue weighted by atomic mass is 10.2. The van der Waals surface area contributed by atoms with Crippen LogP contribution in [0.5, 0.6) is 0 Å². The summed E-state index contributed by atoms with van der Waals surface area (Å²) in [4.78, 5) is 6.80. The van der Waals surface area contributed by atoms with E-state index in [0.29, 0.717) is 6.04 Å². The van der Waals surface area contributed by atoms with E-state index in [9.17, 15) is 0 Å². The van der Waals surface area contributed by atoms with Gasteiger partial charge in [-0.05, 0) is 43.4 Å². The molecule has 0 spiro atoms. The number of halogens is 1. The quantitative estimate of drug-likeness (QED) is 0.214. The third-order valence-electron chi connectivity index (χ3n) is 5.26. The van der Waals surface area contributed by atoms with Gasteiger partial charge in [0.1, 0.15) is 0 Å². The molecule has 0 radical (unpaired) electrons. The lowest BCUT2D eigenvalue weighted by Gasteiger charge is -2.20. The van der Waals surface area contributed by atoms with Crippen LogP contribution < -0.4 is 15.5 Å². The summed E-state index contributed by atoms with van der Waals surface area (Å²) < 4.78 is 5.75. The number of hydrogen-bond acceptors (Lipinski definition) is 3. The van der Waals surface area contributed by atoms with E-state index in [1.54, 1.807) is 0 Å². The minimum absolute atomic E-state index is 0. The monoisotopic (exact) mass is 522 g/mol. The lowest BCUT2D eigenvalue weighted by molar-refractivity contribution is 0.133. The number of hydrogen-bond donors (Lipinski definition) is 2. The normalized spacial score (nSPS) is 16.2. The van der Waals surface area contributed by atoms with E-state index < -0.39 is 0 Å². The molecular formula is C24H35IN4O. The van der Waals surface area contributed by atoms with Crippen molar-refractivity contribution in [3.05, 3.63) is 66.2 Å². The third-order valence-corrected chi connectivity index (χ3v) is 5.26. The Balaban J connectivity index is 0.00000320. The smallest absolute Gasteiger partial charge is 0.191 e. The average Bonchev–Trinajstić information content (AvgIpc) is 3.24. The highest BCUT2D eigenvalue weighted by Crippen LogP contribution is 2.19. The van der Waals surface area contributed by atoms with Crippen LogP contribution >= 0.6 is 24.0 Å². The number of unbranched alkanes of at least 4 members (excludes halogenated alkanes) is 1. The van der Waals surface area contributed by atoms with E-state index in [-0.39, 0.29) is 24.0 Å². The molecule has 2 aromatic rings. The SMILES string of the molecule is CN=C(NCCCCOCCc1ccccc1)NC1CCN(c2ccccc2)C1.I. The standard InChI is InChI=1S/C24H34N4O.HI/c1-25-24(27-22-14-17-28(20-22)23-12-6-3-7-13-23)26-16-8-9-18-29-19-15-21-10-4-2-5-11-21;/h2-7,10-13,22H,8-9,14-20H2,1H3,(H2,25,26,27);1H. The molecule has 1 atom stereocenters. The number of ether oxygens (including phenoxy) is 1. The zero-order chi connectivity index (χ0) is 20.2. The summed E-state index contributed by atoms with van der Waals surface area (Å²) in [7, 11) is 1.84. The highest BCUT2D eigenvalue weighted by Gasteiger charge is 2.23. The van der Waals surface area contributed by atoms with E-state index in [0.717, 1.165) is 64.5 Å². The minimum atomic E-state index is 0. The van der Waals surface area contributed by atoms with E-state index in [1.807, 2.05) is 13.1 Å². The van der Waals surface area contributed by atoms with Crippen molar-refractivity contribution in [1.82, 2.24) is 10.6 Å². The predicted molar refractivity (Wildman–Crippen MR) is 137 cm³/mol. The molecule has 1 aliphatic heterocycles. The summed E-state index contributed by atoms with van der Waals surface area (Å²) in [6.45, 7) is 4.62. The van der Waals surface area contributed by atoms with Crippen LogP contribution in [0, 0.1) is 0 Å². The highest BCUT2D eigenvalue weighted by molar-refractivity contribution is 14.0. The third kappa shape index (κ3) is 8.52. The fourth-order valence-electron chi connectivity index (χ4n) is 3.61. The van der Waals surface area contributed by atoms with Gasteiger partial charge in [-0.2, -0.15) is 0 Å². The van der Waals surface area contributed by atoms with Crippen molar-refractivity contribution < 1.29 is 4.74 Å². The average molecular weight is 522 g/mol. The number of para-hydroxylation sites is 1. The maximum absolute atomic E-state index is 5.75. The molecule has 5 nitrogen and oxygen atoms in total. The van der Waals surface area contributed by atoms with Gasteiger partial charge >= 0.3 is 0 Å². The fraction of sp³-hybridized carbons (Fsp3) is 0.458. The van der Waals surface area contributed by atoms with Crippen molar-refractivity contribution >= 4 is 35.6 Å². The van der Waals surface area contributed by atoms with Crippen LogP contribution in [-0.2, 0) is 11.2 Å². The molecule has 2 N–H and O–H groups in total. The highest BCUT2D eigenvalue weighted by atomic mass is 127. The van der Waals surface area contributed by atoms with Crippen molar-refractivity contribution in [1.29, 1.82) is 0 Å². The molecule has 0 aliphatic carbocycles. The van der Waals surface area contributed by atoms with E-state index >= 15 is 0 Å². The first-order valence-corrected chi connectivity index (χ1v) is 10.7. The molecule has 0 saturated carbocycles. The lowest BCUT2D eigenvalue weighted by Crippen LogP contribution is -2.44. The number of rotatable bonds is 10. The van der Waals surface area contributed by atoms with Crippen LogP contribution in [0.15, 0.2) is 65.7 Å². The molecule has 1 fully saturated rings. The zero-order valence-electron chi connectivity index (χ0n) is 17.9. The van der Waals surface area contributed by atoms with Gasteiger partial charge in [0, 0.05) is 45.0 Å². The molecule has 30 heavy (non-hydrogen) atoms. The number of nitrogens with one attached hydrogen (secondary N) is 2. The number of aliphatic imine (C=N–C) groups is 1. The first kappa shape index (κ1) is 24.5. The maximum Gasteiger partial charge on any atom is 0.191 e. The molecule has 0 amide bonds. The summed E-state index contributed by atoms with van der Waals surface area (Å²) in [5, 5.41) is 6.99. The van der Waals surface area contributed by atoms with Crippen molar-refractivity contribution in [3.8, 4) is 0 Å². The number of nitrogens with zero attached hydrogens (tertiary/aromatic N) is 2. The van der Waals surface area contributed by atoms with Gasteiger partial charge in [0.15, 0.2) is 5.96 Å². The molecule has 0 bridgehead atoms. The Labute approximate surface area is 198 Å². The Morgan fingerprint density at radius 2 is 1.77 bits per heavy atom. The first-order valence-electron chi connectivity index (χ1n) is 10.7. The molecule has 1 heterocycles. The van der Waals surface area contributed by atoms with Crippen LogP contribution in [0.1, 0.15) is 24.8 Å². The van der Waals surface area contributed by atoms with Crippen LogP contribution in [0.4, 0.5) is 5.69 Å². The zero-order valence-corrected chi connectivity index (χ0v) is 20.3. The van der Waals surface area contributed by atoms with Gasteiger partial charge in [-0.1, -0.05) is 48.5 Å². The Hall–Kier alpha value is -1.80. The predicted octanol–water partition coefficient (Wildman–Crippen LogP) is 4.09. The summed E-state index contributed by atoms with van der Waals surface area (Å²) in [5.74, 6) is 0.898. The number of benzene rings is 2. The Bertz CT molecular complexity index is 727. The van der Waals surface area contributed by atoms with Crippen molar-refractivity contribution in [2.75, 3.05) is 44.8 Å². The first-order chi connectivity index (χ1) is 14.3. The topological polar surface area (TPSA) is 48.9 Å². The van der Waals surface area contributed by atoms with E-state index in [1.165, 1.54) is 11.3 Å². The van der Waals surface area contributed by atoms with Gasteiger partial charge in [0.25, 0.3) is 0 Å². The van der Waals surface area contributed by atoms with Crippen LogP contribution in [0.3, 0.4) is 0 Å². The maximum atomic E-state index is 5.75. The second-order valence-electron chi connectivity index (χ2n) is 7.47. The molecule has 0 aromatic heterocycles. The second kappa shape index (κ2) is 14.2. The van der Waals surface area contributed by atoms with Gasteiger partial charge in [0.2, 0.25) is 0 Å². The molecule has 1 aliphatic rings. The molecule has 1 saturated heterocycles. The van der Waals surface area contributed by atoms with Crippen molar-refractivity contribution in [3.63, 3.8) is 0 Å². The molecular weight excluding hydrogens is 487 g/mol. The number of anilines is 1. The van der Waals surface area contributed by atoms with Crippen LogP contribution in [0.2, 0.25) is 0 Å². The molecule has 6 heteroatoms. The molecule has 1 unspecified atom stereocenters. The van der Waals surface area contributed by atoms with E-state index in [2.05, 4.69) is 75.1 Å². The molecule has 3 rings (SSSR count). The van der Waals surface area contributed by atoms with Gasteiger partial charge in [-0.3, -0.25) is 4.99 Å². The van der Waals surface area contributed by atoms with Crippen LogP contribution in [-0.4, -0.2) is 51.9 Å². The Morgan fingerprint density at radius 1 is 1.03 bits per heavy atom. The fourth-order valence-corrected chi connectivity index (χ4v) is 3.61. The number of guanidine groups is 1.